The first-order valence-electron chi connectivity index (χ1n) is 4.90. The maximum atomic E-state index is 11.7. The van der Waals surface area contributed by atoms with Gasteiger partial charge < -0.3 is 5.32 Å². The Hall–Kier alpha value is -0.650. The van der Waals surface area contributed by atoms with Gasteiger partial charge in [0, 0.05) is 34.9 Å². The van der Waals surface area contributed by atoms with Crippen molar-refractivity contribution in [1.29, 1.82) is 0 Å². The summed E-state index contributed by atoms with van der Waals surface area (Å²) < 4.78 is 10.8. The SMILES string of the molecule is CS(=O)CCCNC(=O)c1cc(Cl)nc(Cl)c1. The second-order valence-corrected chi connectivity index (χ2v) is 5.72. The predicted octanol–water partition coefficient (Wildman–Crippen LogP) is 1.89. The van der Waals surface area contributed by atoms with Crippen LogP contribution in [0.3, 0.4) is 0 Å². The lowest BCUT2D eigenvalue weighted by Crippen LogP contribution is -2.25. The summed E-state index contributed by atoms with van der Waals surface area (Å²) in [5.74, 6) is 0.302. The van der Waals surface area contributed by atoms with Gasteiger partial charge in [-0.15, -0.1) is 0 Å². The molecule has 0 fully saturated rings. The molecule has 1 heterocycles. The molecule has 1 aromatic heterocycles. The Balaban J connectivity index is 2.49. The standard InChI is InChI=1S/C10H12Cl2N2O2S/c1-17(16)4-2-3-13-10(15)7-5-8(11)14-9(12)6-7/h5-6H,2-4H2,1H3,(H,13,15). The Morgan fingerprint density at radius 3 is 2.53 bits per heavy atom. The Bertz CT molecular complexity index is 420. The third-order valence-electron chi connectivity index (χ3n) is 1.92. The van der Waals surface area contributed by atoms with Crippen molar-refractivity contribution in [3.63, 3.8) is 0 Å². The Morgan fingerprint density at radius 1 is 1.41 bits per heavy atom. The van der Waals surface area contributed by atoms with E-state index in [9.17, 15) is 9.00 Å². The van der Waals surface area contributed by atoms with Crippen molar-refractivity contribution in [2.45, 2.75) is 6.42 Å². The van der Waals surface area contributed by atoms with Gasteiger partial charge in [0.2, 0.25) is 0 Å². The lowest BCUT2D eigenvalue weighted by atomic mass is 10.2. The number of rotatable bonds is 5. The molecular formula is C10H12Cl2N2O2S. The number of nitrogens with one attached hydrogen (secondary N) is 1. The second kappa shape index (κ2) is 6.93. The largest absolute Gasteiger partial charge is 0.352 e. The van der Waals surface area contributed by atoms with Crippen molar-refractivity contribution >= 4 is 39.9 Å². The molecule has 0 aliphatic heterocycles. The van der Waals surface area contributed by atoms with Gasteiger partial charge >= 0.3 is 0 Å². The molecule has 0 saturated carbocycles. The lowest BCUT2D eigenvalue weighted by Gasteiger charge is -2.05. The van der Waals surface area contributed by atoms with Crippen molar-refractivity contribution in [1.82, 2.24) is 10.3 Å². The number of pyridine rings is 1. The number of aromatic nitrogens is 1. The topological polar surface area (TPSA) is 59.1 Å². The highest BCUT2D eigenvalue weighted by Gasteiger charge is 2.07. The lowest BCUT2D eigenvalue weighted by molar-refractivity contribution is 0.0953. The summed E-state index contributed by atoms with van der Waals surface area (Å²) in [7, 11) is -0.836. The molecule has 1 unspecified atom stereocenters. The van der Waals surface area contributed by atoms with Gasteiger partial charge in [0.1, 0.15) is 10.3 Å². The van der Waals surface area contributed by atoms with E-state index >= 15 is 0 Å². The molecule has 17 heavy (non-hydrogen) atoms. The molecule has 1 rings (SSSR count). The first-order chi connectivity index (χ1) is 7.99. The van der Waals surface area contributed by atoms with Gasteiger partial charge in [0.15, 0.2) is 0 Å². The summed E-state index contributed by atoms with van der Waals surface area (Å²) in [6.07, 6.45) is 2.30. The van der Waals surface area contributed by atoms with Crippen LogP contribution >= 0.6 is 23.2 Å². The minimum absolute atomic E-state index is 0.178. The van der Waals surface area contributed by atoms with Crippen molar-refractivity contribution < 1.29 is 9.00 Å². The summed E-state index contributed by atoms with van der Waals surface area (Å²) in [6.45, 7) is 0.468. The summed E-state index contributed by atoms with van der Waals surface area (Å²) >= 11 is 11.4. The molecule has 0 aliphatic rings. The van der Waals surface area contributed by atoms with Crippen molar-refractivity contribution in [2.24, 2.45) is 0 Å². The Labute approximate surface area is 112 Å². The Morgan fingerprint density at radius 2 is 2.00 bits per heavy atom. The highest BCUT2D eigenvalue weighted by molar-refractivity contribution is 7.84. The molecule has 1 amide bonds. The van der Waals surface area contributed by atoms with Crippen LogP contribution < -0.4 is 5.32 Å². The van der Waals surface area contributed by atoms with Crippen LogP contribution in [0.15, 0.2) is 12.1 Å². The van der Waals surface area contributed by atoms with Gasteiger partial charge in [-0.2, -0.15) is 0 Å². The Kier molecular flexibility index (Phi) is 5.88. The van der Waals surface area contributed by atoms with Crippen LogP contribution in [0.5, 0.6) is 0 Å². The average molecular weight is 295 g/mol. The molecule has 1 atom stereocenters. The van der Waals surface area contributed by atoms with Crippen molar-refractivity contribution in [3.8, 4) is 0 Å². The highest BCUT2D eigenvalue weighted by atomic mass is 35.5. The number of nitrogens with zero attached hydrogens (tertiary/aromatic N) is 1. The van der Waals surface area contributed by atoms with E-state index in [1.54, 1.807) is 6.26 Å². The number of carbonyl (C=O) groups is 1. The van der Waals surface area contributed by atoms with Crippen LogP contribution in [0.4, 0.5) is 0 Å². The van der Waals surface area contributed by atoms with Crippen molar-refractivity contribution in [3.05, 3.63) is 28.0 Å². The van der Waals surface area contributed by atoms with Crippen LogP contribution in [0.1, 0.15) is 16.8 Å². The van der Waals surface area contributed by atoms with E-state index in [0.717, 1.165) is 0 Å². The molecule has 1 N–H and O–H groups in total. The molecule has 0 aliphatic carbocycles. The number of hydrogen-bond donors (Lipinski definition) is 1. The summed E-state index contributed by atoms with van der Waals surface area (Å²) in [5.41, 5.74) is 0.368. The first-order valence-corrected chi connectivity index (χ1v) is 7.38. The fraction of sp³-hybridized carbons (Fsp3) is 0.400. The van der Waals surface area contributed by atoms with E-state index in [1.807, 2.05) is 0 Å². The van der Waals surface area contributed by atoms with Gasteiger partial charge in [-0.25, -0.2) is 4.98 Å². The molecule has 0 aromatic carbocycles. The minimum Gasteiger partial charge on any atom is -0.352 e. The zero-order valence-corrected chi connectivity index (χ0v) is 11.5. The molecule has 0 saturated heterocycles. The van der Waals surface area contributed by atoms with Gasteiger partial charge in [0.25, 0.3) is 5.91 Å². The molecule has 0 bridgehead atoms. The van der Waals surface area contributed by atoms with E-state index < -0.39 is 10.8 Å². The summed E-state index contributed by atoms with van der Waals surface area (Å²) in [4.78, 5) is 15.4. The number of hydrogen-bond acceptors (Lipinski definition) is 3. The average Bonchev–Trinajstić information content (AvgIpc) is 2.22. The first kappa shape index (κ1) is 14.4. The molecule has 1 aromatic rings. The smallest absolute Gasteiger partial charge is 0.251 e. The molecule has 0 spiro atoms. The van der Waals surface area contributed by atoms with E-state index in [1.165, 1.54) is 12.1 Å². The highest BCUT2D eigenvalue weighted by Crippen LogP contribution is 2.14. The minimum atomic E-state index is -0.836. The molecule has 7 heteroatoms. The van der Waals surface area contributed by atoms with Gasteiger partial charge in [-0.3, -0.25) is 9.00 Å². The number of amides is 1. The van der Waals surface area contributed by atoms with E-state index in [2.05, 4.69) is 10.3 Å². The second-order valence-electron chi connectivity index (χ2n) is 3.39. The van der Waals surface area contributed by atoms with Gasteiger partial charge in [0.05, 0.1) is 0 Å². The third kappa shape index (κ3) is 5.48. The third-order valence-corrected chi connectivity index (χ3v) is 3.17. The van der Waals surface area contributed by atoms with E-state index in [-0.39, 0.29) is 16.2 Å². The van der Waals surface area contributed by atoms with Crippen LogP contribution in [-0.2, 0) is 10.8 Å². The van der Waals surface area contributed by atoms with E-state index in [0.29, 0.717) is 24.3 Å². The summed E-state index contributed by atoms with van der Waals surface area (Å²) in [6, 6.07) is 2.89. The zero-order chi connectivity index (χ0) is 12.8. The predicted molar refractivity (Wildman–Crippen MR) is 70.1 cm³/mol. The monoisotopic (exact) mass is 294 g/mol. The maximum Gasteiger partial charge on any atom is 0.251 e. The molecule has 4 nitrogen and oxygen atoms in total. The number of halogens is 2. The fourth-order valence-electron chi connectivity index (χ4n) is 1.18. The van der Waals surface area contributed by atoms with E-state index in [4.69, 9.17) is 23.2 Å². The molecular weight excluding hydrogens is 283 g/mol. The van der Waals surface area contributed by atoms with Crippen molar-refractivity contribution in [2.75, 3.05) is 18.6 Å². The van der Waals surface area contributed by atoms with Crippen LogP contribution in [0, 0.1) is 0 Å². The normalized spacial score (nSPS) is 12.2. The van der Waals surface area contributed by atoms with Gasteiger partial charge in [-0.1, -0.05) is 23.2 Å². The van der Waals surface area contributed by atoms with Crippen LogP contribution in [0.25, 0.3) is 0 Å². The van der Waals surface area contributed by atoms with Gasteiger partial charge in [-0.05, 0) is 18.6 Å². The zero-order valence-electron chi connectivity index (χ0n) is 9.20. The molecule has 94 valence electrons. The summed E-state index contributed by atoms with van der Waals surface area (Å²) in [5, 5.41) is 3.05. The number of carbonyl (C=O) groups excluding carboxylic acids is 1. The van der Waals surface area contributed by atoms with Crippen LogP contribution in [-0.4, -0.2) is 33.7 Å². The molecule has 0 radical (unpaired) electrons. The fourth-order valence-corrected chi connectivity index (χ4v) is 2.19. The quantitative estimate of drug-likeness (QED) is 0.666. The maximum absolute atomic E-state index is 11.7. The van der Waals surface area contributed by atoms with Crippen LogP contribution in [0.2, 0.25) is 10.3 Å².